The van der Waals surface area contributed by atoms with Gasteiger partial charge in [-0.25, -0.2) is 14.4 Å². The number of nitrogens with zero attached hydrogens (tertiary/aromatic N) is 4. The van der Waals surface area contributed by atoms with Gasteiger partial charge in [0.15, 0.2) is 0 Å². The van der Waals surface area contributed by atoms with Crippen molar-refractivity contribution in [3.05, 3.63) is 161 Å². The van der Waals surface area contributed by atoms with Crippen molar-refractivity contribution in [3.63, 3.8) is 0 Å². The van der Waals surface area contributed by atoms with Crippen molar-refractivity contribution in [2.45, 2.75) is 318 Å². The van der Waals surface area contributed by atoms with E-state index in [1.807, 2.05) is 31.1 Å². The first-order chi connectivity index (χ1) is 54.0. The summed E-state index contributed by atoms with van der Waals surface area (Å²) in [4.78, 5) is 36.2. The Morgan fingerprint density at radius 1 is 0.333 bits per heavy atom. The summed E-state index contributed by atoms with van der Waals surface area (Å²) in [7, 11) is 18.0. The Hall–Kier alpha value is -5.48. The number of nitrogens with two attached hydrogens (primary N) is 2. The number of benzene rings is 5. The van der Waals surface area contributed by atoms with Gasteiger partial charge in [0, 0.05) is 41.3 Å². The number of nitrogens with one attached hydrogen (secondary N) is 1. The summed E-state index contributed by atoms with van der Waals surface area (Å²) >= 11 is 0. The van der Waals surface area contributed by atoms with Gasteiger partial charge in [0.1, 0.15) is 19.7 Å². The third-order valence-corrected chi connectivity index (χ3v) is 20.7. The molecule has 0 atom stereocenters. The van der Waals surface area contributed by atoms with E-state index in [1.54, 1.807) is 67.6 Å². The quantitative estimate of drug-likeness (QED) is 0.0113. The van der Waals surface area contributed by atoms with Crippen LogP contribution in [0.1, 0.15) is 347 Å². The number of hydrogen-bond donors (Lipinski definition) is 3. The molecule has 13 nitrogen and oxygen atoms in total. The molecule has 0 unspecified atom stereocenters. The van der Waals surface area contributed by atoms with Gasteiger partial charge in [-0.1, -0.05) is 301 Å². The second kappa shape index (κ2) is 77.4. The summed E-state index contributed by atoms with van der Waals surface area (Å²) in [5.74, 6) is -0.849. The standard InChI is InChI=1S/C27H50N.C20H44N.C17H30N.C15H24N2O2.C11H15NO2.C9H11NO2.BrH.ClH/c1-4-5-6-7-8-9-10-11-12-13-14-15-16-17-18-22-25-28(2,3)26-27-23-20-19-21-24-27;1-5-7-8-9-10-11-12-13-14-15-16-17-18-19-20-21(3,4)6-2;1-4-5-6-7-8-12-15-18(2,3)16-17-13-10-9-11-14-17;1-4-5-10-16-14-8-6-13(7-9-14)15(18)19-12-11-17(2)3;1-2-3-8-14-11(13)9-4-6-10(12)7-5-9;1-2-12-9(11)7-3-5-8(10)6-4-7;;/h19-21,23-24H,4-18,22,25-26H2,1-3H3;5-20H2,1-4H3;9-11,13-14H,4-8,12,15-16H2,1-3H3;6-9,16H,4-5,10-12H2,1-3H3;4-7H,2-3,8,12H2,1H3;3-6H,2,10H2,1H3;2*1H/q3*+1;;;;;/p-1. The van der Waals surface area contributed by atoms with Crippen molar-refractivity contribution < 1.29 is 59.0 Å². The molecule has 0 amide bonds. The van der Waals surface area contributed by atoms with Crippen molar-refractivity contribution in [2.75, 3.05) is 132 Å². The normalized spacial score (nSPS) is 10.9. The Kier molecular flexibility index (Phi) is 76.5. The summed E-state index contributed by atoms with van der Waals surface area (Å²) < 4.78 is 18.4. The number of likely N-dealkylation sites (N-methyl/N-ethyl adjacent to an activating group) is 1. The molecule has 0 fully saturated rings. The third kappa shape index (κ3) is 70.7. The molecule has 0 spiro atoms. The van der Waals surface area contributed by atoms with Gasteiger partial charge in [-0.2, -0.15) is 0 Å². The van der Waals surface area contributed by atoms with E-state index in [1.165, 1.54) is 279 Å². The molecule has 0 bridgehead atoms. The molecule has 5 aromatic rings. The lowest BCUT2D eigenvalue weighted by atomic mass is 10.0. The highest BCUT2D eigenvalue weighted by Crippen LogP contribution is 2.20. The van der Waals surface area contributed by atoms with Gasteiger partial charge in [-0.05, 0) is 152 Å². The number of esters is 3. The lowest BCUT2D eigenvalue weighted by Gasteiger charge is -2.30. The Morgan fingerprint density at radius 2 is 0.605 bits per heavy atom. The Balaban J connectivity index is -0.00000132. The average Bonchev–Trinajstić information content (AvgIpc) is 0.915. The first kappa shape index (κ1) is 113. The third-order valence-electron chi connectivity index (χ3n) is 20.7. The molecule has 0 saturated heterocycles. The largest absolute Gasteiger partial charge is 1.00 e. The van der Waals surface area contributed by atoms with Gasteiger partial charge in [0.05, 0.1) is 98.4 Å². The molecule has 654 valence electrons. The number of carbonyl (C=O) groups is 3. The Labute approximate surface area is 718 Å². The second-order valence-corrected chi connectivity index (χ2v) is 33.5. The molecule has 5 aromatic carbocycles. The number of halogens is 2. The van der Waals surface area contributed by atoms with Crippen LogP contribution in [0, 0.1) is 0 Å². The highest BCUT2D eigenvalue weighted by Gasteiger charge is 2.17. The molecule has 5 N–H and O–H groups in total. The fourth-order valence-corrected chi connectivity index (χ4v) is 13.0. The summed E-state index contributed by atoms with van der Waals surface area (Å²) in [5, 5.41) is 3.31. The molecule has 0 heterocycles. The van der Waals surface area contributed by atoms with E-state index in [0.29, 0.717) is 47.9 Å². The van der Waals surface area contributed by atoms with Gasteiger partial charge in [0.25, 0.3) is 0 Å². The van der Waals surface area contributed by atoms with Crippen LogP contribution in [0.2, 0.25) is 0 Å². The first-order valence-electron chi connectivity index (χ1n) is 45.3. The maximum atomic E-state index is 11.7. The van der Waals surface area contributed by atoms with Gasteiger partial charge < -0.3 is 66.3 Å². The minimum atomic E-state index is -0.308. The van der Waals surface area contributed by atoms with Crippen LogP contribution in [-0.4, -0.2) is 152 Å². The number of nitrogen functional groups attached to an aromatic ring is 2. The minimum Gasteiger partial charge on any atom is -1.00 e. The molecular weight excluding hydrogens is 1500 g/mol. The molecule has 0 aliphatic heterocycles. The van der Waals surface area contributed by atoms with E-state index >= 15 is 0 Å². The van der Waals surface area contributed by atoms with Crippen molar-refractivity contribution >= 4 is 47.4 Å². The van der Waals surface area contributed by atoms with Crippen LogP contribution in [0.5, 0.6) is 0 Å². The zero-order valence-electron chi connectivity index (χ0n) is 75.9. The number of anilines is 3. The molecule has 0 aliphatic rings. The highest BCUT2D eigenvalue weighted by atomic mass is 79.9. The van der Waals surface area contributed by atoms with E-state index in [-0.39, 0.29) is 47.3 Å². The average molecular weight is 1670 g/mol. The molecule has 0 aromatic heterocycles. The van der Waals surface area contributed by atoms with Crippen LogP contribution < -0.4 is 33.8 Å². The summed E-state index contributed by atoms with van der Waals surface area (Å²) in [6.07, 6.45) is 56.1. The molecule has 5 rings (SSSR count). The van der Waals surface area contributed by atoms with Gasteiger partial charge >= 0.3 is 17.9 Å². The maximum Gasteiger partial charge on any atom is 0.338 e. The first-order valence-corrected chi connectivity index (χ1v) is 45.3. The van der Waals surface area contributed by atoms with Crippen LogP contribution >= 0.6 is 12.4 Å². The van der Waals surface area contributed by atoms with E-state index in [2.05, 4.69) is 150 Å². The summed E-state index contributed by atoms with van der Waals surface area (Å²) in [5.41, 5.74) is 17.9. The lowest BCUT2D eigenvalue weighted by Crippen LogP contribution is -3.00. The lowest BCUT2D eigenvalue weighted by molar-refractivity contribution is -0.903. The number of unbranched alkanes of at least 4 members (excludes halogenated alkanes) is 35. The maximum absolute atomic E-state index is 11.7. The monoisotopic (exact) mass is 1670 g/mol. The van der Waals surface area contributed by atoms with Gasteiger partial charge in [0.2, 0.25) is 0 Å². The molecule has 0 saturated carbocycles. The minimum absolute atomic E-state index is 0. The predicted octanol–water partition coefficient (Wildman–Crippen LogP) is 23.4. The summed E-state index contributed by atoms with van der Waals surface area (Å²) in [6.45, 7) is 25.7. The van der Waals surface area contributed by atoms with Crippen LogP contribution in [0.3, 0.4) is 0 Å². The zero-order valence-corrected chi connectivity index (χ0v) is 78.3. The van der Waals surface area contributed by atoms with E-state index < -0.39 is 0 Å². The predicted molar refractivity (Wildman–Crippen MR) is 494 cm³/mol. The smallest absolute Gasteiger partial charge is 0.338 e. The van der Waals surface area contributed by atoms with E-state index in [9.17, 15) is 14.4 Å². The van der Waals surface area contributed by atoms with Crippen LogP contribution in [0.25, 0.3) is 0 Å². The Bertz CT molecular complexity index is 2900. The topological polar surface area (TPSA) is 146 Å². The van der Waals surface area contributed by atoms with Crippen molar-refractivity contribution in [1.29, 1.82) is 0 Å². The number of carbonyl (C=O) groups excluding carboxylic acids is 3. The number of quaternary nitrogens is 3. The van der Waals surface area contributed by atoms with Crippen molar-refractivity contribution in [3.8, 4) is 0 Å². The number of rotatable bonds is 58. The number of hydrogen-bond acceptors (Lipinski definition) is 10. The Morgan fingerprint density at radius 3 is 0.895 bits per heavy atom. The molecule has 114 heavy (non-hydrogen) atoms. The van der Waals surface area contributed by atoms with Crippen molar-refractivity contribution in [2.24, 2.45) is 0 Å². The van der Waals surface area contributed by atoms with Crippen LogP contribution in [0.4, 0.5) is 17.1 Å². The number of ether oxygens (including phenoxy) is 3. The molecule has 0 aliphatic carbocycles. The SMILES string of the molecule is CCCCCCCCCCCCCCCCCC[N+](C)(C)Cc1ccccc1.CCCCCCCCCCCCCCCC[N+](C)(C)CC.CCCCCCCC[N+](C)(C)Cc1ccccc1.CCCCNc1ccc(C(=O)OCCN(C)C)cc1.CCCCOC(=O)c1ccc(N)cc1.CCOC(=O)c1ccc(N)cc1.Cl.[Br-]. The molecular formula is C99H175BrClN7O6+2. The second-order valence-electron chi connectivity index (χ2n) is 33.5. The van der Waals surface area contributed by atoms with E-state index in [4.69, 9.17) is 25.7 Å². The highest BCUT2D eigenvalue weighted by molar-refractivity contribution is 5.90. The van der Waals surface area contributed by atoms with Gasteiger partial charge in [-0.3, -0.25) is 0 Å². The van der Waals surface area contributed by atoms with Crippen molar-refractivity contribution in [1.82, 2.24) is 4.90 Å². The van der Waals surface area contributed by atoms with Crippen LogP contribution in [0.15, 0.2) is 133 Å². The van der Waals surface area contributed by atoms with E-state index in [0.717, 1.165) is 60.1 Å². The summed E-state index contributed by atoms with van der Waals surface area (Å²) in [6, 6.07) is 42.6. The van der Waals surface area contributed by atoms with Gasteiger partial charge in [-0.15, -0.1) is 12.4 Å². The molecule has 15 heteroatoms. The fourth-order valence-electron chi connectivity index (χ4n) is 13.0. The fraction of sp³-hybridized carbons (Fsp3) is 0.667. The van der Waals surface area contributed by atoms with Crippen LogP contribution in [-0.2, 0) is 27.3 Å². The zero-order chi connectivity index (χ0) is 82.9. The molecule has 0 radical (unpaired) electrons.